The van der Waals surface area contributed by atoms with Crippen LogP contribution in [0.15, 0.2) is 72.1 Å². The summed E-state index contributed by atoms with van der Waals surface area (Å²) >= 11 is 0. The summed E-state index contributed by atoms with van der Waals surface area (Å²) in [5, 5.41) is 3.00. The van der Waals surface area contributed by atoms with E-state index in [1.165, 1.54) is 0 Å². The molecule has 0 aromatic heterocycles. The topological polar surface area (TPSA) is 17.1 Å². The van der Waals surface area contributed by atoms with E-state index < -0.39 is 7.14 Å². The predicted octanol–water partition coefficient (Wildman–Crippen LogP) is 3.68. The lowest BCUT2D eigenvalue weighted by Crippen LogP contribution is -2.19. The third-order valence-corrected chi connectivity index (χ3v) is 6.69. The summed E-state index contributed by atoms with van der Waals surface area (Å²) in [5.41, 5.74) is 0. The highest BCUT2D eigenvalue weighted by Crippen LogP contribution is 2.56. The maximum atomic E-state index is 13.5. The van der Waals surface area contributed by atoms with E-state index in [0.717, 1.165) is 28.8 Å². The third-order valence-electron chi connectivity index (χ3n) is 3.42. The van der Waals surface area contributed by atoms with Gasteiger partial charge in [0.1, 0.15) is 0 Å². The minimum atomic E-state index is -2.57. The molecule has 0 amide bonds. The van der Waals surface area contributed by atoms with Gasteiger partial charge in [-0.3, -0.25) is 0 Å². The molecule has 0 N–H and O–H groups in total. The molecule has 2 aromatic carbocycles. The zero-order chi connectivity index (χ0) is 12.4. The summed E-state index contributed by atoms with van der Waals surface area (Å²) in [5.74, 6) is 0. The Labute approximate surface area is 108 Å². The van der Waals surface area contributed by atoms with Gasteiger partial charge in [0.15, 0.2) is 7.14 Å². The van der Waals surface area contributed by atoms with E-state index in [1.54, 1.807) is 0 Å². The van der Waals surface area contributed by atoms with Crippen molar-refractivity contribution < 1.29 is 4.57 Å². The van der Waals surface area contributed by atoms with Crippen molar-refractivity contribution in [2.24, 2.45) is 0 Å². The van der Waals surface area contributed by atoms with E-state index in [2.05, 4.69) is 6.08 Å². The van der Waals surface area contributed by atoms with Crippen molar-refractivity contribution in [2.45, 2.75) is 12.8 Å². The van der Waals surface area contributed by atoms with Crippen molar-refractivity contribution in [3.05, 3.63) is 72.1 Å². The molecule has 0 aliphatic heterocycles. The van der Waals surface area contributed by atoms with Gasteiger partial charge >= 0.3 is 0 Å². The molecule has 0 spiro atoms. The fraction of sp³-hybridized carbons (Fsp3) is 0.125. The van der Waals surface area contributed by atoms with E-state index in [1.807, 2.05) is 60.7 Å². The molecule has 18 heavy (non-hydrogen) atoms. The minimum Gasteiger partial charge on any atom is -0.309 e. The van der Waals surface area contributed by atoms with Gasteiger partial charge in [-0.25, -0.2) is 0 Å². The van der Waals surface area contributed by atoms with Crippen LogP contribution in [0, 0.1) is 0 Å². The molecule has 1 nitrogen and oxygen atoms in total. The number of benzene rings is 2. The third kappa shape index (κ3) is 1.76. The molecule has 0 radical (unpaired) electrons. The Morgan fingerprint density at radius 3 is 1.56 bits per heavy atom. The molecule has 0 saturated heterocycles. The van der Waals surface area contributed by atoms with Gasteiger partial charge in [0.2, 0.25) is 0 Å². The number of allylic oxidation sites excluding steroid dienone is 2. The van der Waals surface area contributed by atoms with E-state index >= 15 is 0 Å². The monoisotopic (exact) mass is 254 g/mol. The van der Waals surface area contributed by atoms with Gasteiger partial charge in [-0.1, -0.05) is 66.7 Å². The second kappa shape index (κ2) is 4.59. The first-order chi connectivity index (χ1) is 8.82. The molecule has 0 fully saturated rings. The molecule has 0 heterocycles. The van der Waals surface area contributed by atoms with Crippen LogP contribution in [0.25, 0.3) is 0 Å². The average Bonchev–Trinajstić information content (AvgIpc) is 2.38. The first kappa shape index (κ1) is 11.5. The SMILES string of the molecule is O=P(C1=CCC1)(c1ccccc1)c1ccccc1. The Morgan fingerprint density at radius 2 is 1.22 bits per heavy atom. The Morgan fingerprint density at radius 1 is 0.778 bits per heavy atom. The summed E-state index contributed by atoms with van der Waals surface area (Å²) < 4.78 is 13.5. The Balaban J connectivity index is 2.20. The maximum absolute atomic E-state index is 13.5. The molecule has 0 saturated carbocycles. The smallest absolute Gasteiger partial charge is 0.166 e. The fourth-order valence-corrected chi connectivity index (χ4v) is 5.29. The van der Waals surface area contributed by atoms with Gasteiger partial charge in [-0.05, 0) is 18.2 Å². The molecular weight excluding hydrogens is 239 g/mol. The van der Waals surface area contributed by atoms with Crippen molar-refractivity contribution >= 4 is 17.8 Å². The Hall–Kier alpha value is -1.59. The average molecular weight is 254 g/mol. The van der Waals surface area contributed by atoms with Gasteiger partial charge in [0.25, 0.3) is 0 Å². The van der Waals surface area contributed by atoms with Gasteiger partial charge in [-0.2, -0.15) is 0 Å². The lowest BCUT2D eigenvalue weighted by atomic mass is 10.1. The summed E-state index contributed by atoms with van der Waals surface area (Å²) in [6.45, 7) is 0. The molecule has 2 aromatic rings. The van der Waals surface area contributed by atoms with Gasteiger partial charge in [-0.15, -0.1) is 0 Å². The lowest BCUT2D eigenvalue weighted by molar-refractivity contribution is 0.588. The van der Waals surface area contributed by atoms with E-state index in [4.69, 9.17) is 0 Å². The van der Waals surface area contributed by atoms with Crippen molar-refractivity contribution in [1.82, 2.24) is 0 Å². The fourth-order valence-electron chi connectivity index (χ4n) is 2.32. The van der Waals surface area contributed by atoms with Crippen LogP contribution in [-0.4, -0.2) is 0 Å². The quantitative estimate of drug-likeness (QED) is 0.764. The highest BCUT2D eigenvalue weighted by Gasteiger charge is 2.33. The molecule has 1 aliphatic rings. The zero-order valence-corrected chi connectivity index (χ0v) is 11.0. The van der Waals surface area contributed by atoms with Crippen LogP contribution >= 0.6 is 7.14 Å². The Kier molecular flexibility index (Phi) is 2.93. The van der Waals surface area contributed by atoms with Crippen LogP contribution in [0.5, 0.6) is 0 Å². The molecule has 0 atom stereocenters. The summed E-state index contributed by atoms with van der Waals surface area (Å²) in [7, 11) is -2.57. The molecular formula is C16H15OP. The van der Waals surface area contributed by atoms with Crippen molar-refractivity contribution in [2.75, 3.05) is 0 Å². The normalized spacial score (nSPS) is 14.8. The highest BCUT2D eigenvalue weighted by atomic mass is 31.2. The van der Waals surface area contributed by atoms with Crippen LogP contribution in [0.2, 0.25) is 0 Å². The molecule has 1 aliphatic carbocycles. The molecule has 2 heteroatoms. The van der Waals surface area contributed by atoms with Crippen molar-refractivity contribution in [3.8, 4) is 0 Å². The van der Waals surface area contributed by atoms with Crippen LogP contribution in [0.3, 0.4) is 0 Å². The minimum absolute atomic E-state index is 0.946. The Bertz CT molecular complexity index is 571. The summed E-state index contributed by atoms with van der Waals surface area (Å²) in [4.78, 5) is 0. The standard InChI is InChI=1S/C16H15OP/c17-18(16-12-7-13-16,14-8-3-1-4-9-14)15-10-5-2-6-11-15/h1-6,8-12H,7,13H2. The number of hydrogen-bond acceptors (Lipinski definition) is 1. The first-order valence-corrected chi connectivity index (χ1v) is 7.93. The highest BCUT2D eigenvalue weighted by molar-refractivity contribution is 7.82. The zero-order valence-electron chi connectivity index (χ0n) is 10.1. The molecule has 0 unspecified atom stereocenters. The molecule has 3 rings (SSSR count). The van der Waals surface area contributed by atoms with Crippen LogP contribution in [0.1, 0.15) is 12.8 Å². The summed E-state index contributed by atoms with van der Waals surface area (Å²) in [6.07, 6.45) is 4.14. The van der Waals surface area contributed by atoms with Crippen LogP contribution in [0.4, 0.5) is 0 Å². The van der Waals surface area contributed by atoms with Crippen LogP contribution < -0.4 is 10.6 Å². The van der Waals surface area contributed by atoms with E-state index in [-0.39, 0.29) is 0 Å². The maximum Gasteiger partial charge on any atom is 0.166 e. The van der Waals surface area contributed by atoms with Gasteiger partial charge < -0.3 is 4.57 Å². The van der Waals surface area contributed by atoms with Gasteiger partial charge in [0.05, 0.1) is 0 Å². The van der Waals surface area contributed by atoms with Crippen LogP contribution in [-0.2, 0) is 4.57 Å². The first-order valence-electron chi connectivity index (χ1n) is 6.23. The number of rotatable bonds is 3. The predicted molar refractivity (Wildman–Crippen MR) is 77.1 cm³/mol. The number of hydrogen-bond donors (Lipinski definition) is 0. The lowest BCUT2D eigenvalue weighted by Gasteiger charge is -2.26. The second-order valence-corrected chi connectivity index (χ2v) is 7.34. The van der Waals surface area contributed by atoms with Crippen molar-refractivity contribution in [1.29, 1.82) is 0 Å². The summed E-state index contributed by atoms with van der Waals surface area (Å²) in [6, 6.07) is 19.7. The molecule has 0 bridgehead atoms. The van der Waals surface area contributed by atoms with Crippen molar-refractivity contribution in [3.63, 3.8) is 0 Å². The van der Waals surface area contributed by atoms with E-state index in [0.29, 0.717) is 0 Å². The van der Waals surface area contributed by atoms with Gasteiger partial charge in [0, 0.05) is 10.6 Å². The second-order valence-electron chi connectivity index (χ2n) is 4.51. The van der Waals surface area contributed by atoms with E-state index in [9.17, 15) is 4.57 Å². The largest absolute Gasteiger partial charge is 0.309 e. The molecule has 90 valence electrons.